The average Bonchev–Trinajstić information content (AvgIpc) is 3.32. The number of carbonyl (C=O) groups excluding carboxylic acids is 2. The second kappa shape index (κ2) is 12.4. The average molecular weight is 551 g/mol. The summed E-state index contributed by atoms with van der Waals surface area (Å²) in [4.78, 5) is 39.6. The van der Waals surface area contributed by atoms with Crippen LogP contribution in [0.2, 0.25) is 0 Å². The van der Waals surface area contributed by atoms with E-state index in [1.165, 1.54) is 18.1 Å². The monoisotopic (exact) mass is 550 g/mol. The maximum Gasteiger partial charge on any atom is 0.411 e. The third-order valence-corrected chi connectivity index (χ3v) is 7.14. The van der Waals surface area contributed by atoms with Crippen molar-refractivity contribution < 1.29 is 29.0 Å². The van der Waals surface area contributed by atoms with Gasteiger partial charge in [0.2, 0.25) is 0 Å². The van der Waals surface area contributed by atoms with Gasteiger partial charge in [-0.25, -0.2) is 4.79 Å². The van der Waals surface area contributed by atoms with Gasteiger partial charge in [0, 0.05) is 19.0 Å². The van der Waals surface area contributed by atoms with Gasteiger partial charge in [-0.2, -0.15) is 0 Å². The van der Waals surface area contributed by atoms with Gasteiger partial charge in [-0.05, 0) is 46.0 Å². The second-order valence-electron chi connectivity index (χ2n) is 9.72. The van der Waals surface area contributed by atoms with Crippen LogP contribution in [0.25, 0.3) is 11.1 Å². The molecule has 0 radical (unpaired) electrons. The fraction of sp³-hybridized carbons (Fsp3) is 0.182. The maximum absolute atomic E-state index is 13.8. The number of benzene rings is 4. The first kappa shape index (κ1) is 27.5. The van der Waals surface area contributed by atoms with Crippen LogP contribution in [0.4, 0.5) is 10.5 Å². The van der Waals surface area contributed by atoms with E-state index in [4.69, 9.17) is 9.47 Å². The van der Waals surface area contributed by atoms with Crippen LogP contribution in [0.15, 0.2) is 97.1 Å². The molecule has 0 aliphatic heterocycles. The number of hydrogen-bond acceptors (Lipinski definition) is 5. The summed E-state index contributed by atoms with van der Waals surface area (Å²) in [7, 11) is 1.48. The number of aliphatic carboxylic acids is 1. The Balaban J connectivity index is 1.35. The number of methoxy groups -OCH3 is 1. The molecular formula is C33H30N2O6. The smallest absolute Gasteiger partial charge is 0.411 e. The molecule has 0 atom stereocenters. The Labute approximate surface area is 238 Å². The molecule has 0 spiro atoms. The molecule has 0 fully saturated rings. The summed E-state index contributed by atoms with van der Waals surface area (Å²) in [5.74, 6) is -1.15. The number of carbonyl (C=O) groups is 3. The molecule has 1 aliphatic carbocycles. The van der Waals surface area contributed by atoms with E-state index in [9.17, 15) is 19.5 Å². The topological polar surface area (TPSA) is 105 Å². The van der Waals surface area contributed by atoms with Crippen molar-refractivity contribution in [3.63, 3.8) is 0 Å². The molecule has 41 heavy (non-hydrogen) atoms. The first-order chi connectivity index (χ1) is 19.9. The number of nitrogens with zero attached hydrogens (tertiary/aromatic N) is 1. The van der Waals surface area contributed by atoms with Crippen LogP contribution in [0.5, 0.6) is 5.75 Å². The standard InChI is InChI=1S/C33H30N2O6/c1-40-23-15-16-30(28(19-23)32(38)35(18-17-31(36)37)20-22-9-3-2-4-10-22)34-33(39)41-21-29-26-13-7-5-11-24(26)25-12-6-8-14-27(25)29/h2-16,19,29H,17-18,20-21H2,1H3,(H,34,39)(H,36,37). The summed E-state index contributed by atoms with van der Waals surface area (Å²) in [6.45, 7) is 0.317. The first-order valence-corrected chi connectivity index (χ1v) is 13.3. The highest BCUT2D eigenvalue weighted by molar-refractivity contribution is 6.03. The van der Waals surface area contributed by atoms with E-state index >= 15 is 0 Å². The van der Waals surface area contributed by atoms with Gasteiger partial charge in [-0.15, -0.1) is 0 Å². The molecule has 0 heterocycles. The molecule has 0 unspecified atom stereocenters. The van der Waals surface area contributed by atoms with Crippen molar-refractivity contribution in [2.75, 3.05) is 25.6 Å². The van der Waals surface area contributed by atoms with Gasteiger partial charge >= 0.3 is 12.1 Å². The summed E-state index contributed by atoms with van der Waals surface area (Å²) < 4.78 is 11.0. The van der Waals surface area contributed by atoms with E-state index < -0.39 is 18.0 Å². The van der Waals surface area contributed by atoms with Crippen LogP contribution in [0.3, 0.4) is 0 Å². The van der Waals surface area contributed by atoms with E-state index in [1.54, 1.807) is 12.1 Å². The fourth-order valence-electron chi connectivity index (χ4n) is 5.14. The maximum atomic E-state index is 13.8. The molecule has 8 heteroatoms. The molecule has 1 aliphatic rings. The Morgan fingerprint density at radius 2 is 1.49 bits per heavy atom. The van der Waals surface area contributed by atoms with E-state index in [0.29, 0.717) is 5.75 Å². The van der Waals surface area contributed by atoms with Crippen molar-refractivity contribution >= 4 is 23.7 Å². The van der Waals surface area contributed by atoms with Gasteiger partial charge in [-0.1, -0.05) is 78.9 Å². The Morgan fingerprint density at radius 3 is 2.12 bits per heavy atom. The van der Waals surface area contributed by atoms with Gasteiger partial charge in [0.25, 0.3) is 5.91 Å². The molecular weight excluding hydrogens is 520 g/mol. The minimum atomic E-state index is -1.02. The van der Waals surface area contributed by atoms with Crippen LogP contribution < -0.4 is 10.1 Å². The molecule has 0 bridgehead atoms. The second-order valence-corrected chi connectivity index (χ2v) is 9.72. The highest BCUT2D eigenvalue weighted by atomic mass is 16.5. The lowest BCUT2D eigenvalue weighted by atomic mass is 9.98. The van der Waals surface area contributed by atoms with Crippen LogP contribution in [-0.2, 0) is 16.1 Å². The number of anilines is 1. The lowest BCUT2D eigenvalue weighted by Gasteiger charge is -2.24. The minimum Gasteiger partial charge on any atom is -0.497 e. The molecule has 0 aromatic heterocycles. The third-order valence-electron chi connectivity index (χ3n) is 7.14. The van der Waals surface area contributed by atoms with Crippen LogP contribution >= 0.6 is 0 Å². The molecule has 0 saturated carbocycles. The van der Waals surface area contributed by atoms with Crippen molar-refractivity contribution in [1.29, 1.82) is 0 Å². The van der Waals surface area contributed by atoms with Crippen LogP contribution in [0.1, 0.15) is 39.4 Å². The zero-order chi connectivity index (χ0) is 28.8. The van der Waals surface area contributed by atoms with Gasteiger partial charge in [0.05, 0.1) is 24.8 Å². The number of rotatable bonds is 10. The van der Waals surface area contributed by atoms with Crippen molar-refractivity contribution in [2.45, 2.75) is 18.9 Å². The van der Waals surface area contributed by atoms with Gasteiger partial charge in [-0.3, -0.25) is 14.9 Å². The number of ether oxygens (including phenoxy) is 2. The Kier molecular flexibility index (Phi) is 8.29. The minimum absolute atomic E-state index is 0.00927. The predicted octanol–water partition coefficient (Wildman–Crippen LogP) is 6.17. The summed E-state index contributed by atoms with van der Waals surface area (Å²) in [6, 6.07) is 30.2. The van der Waals surface area contributed by atoms with Gasteiger partial charge < -0.3 is 19.5 Å². The van der Waals surface area contributed by atoms with E-state index in [0.717, 1.165) is 27.8 Å². The van der Waals surface area contributed by atoms with Crippen molar-refractivity contribution in [1.82, 2.24) is 4.90 Å². The van der Waals surface area contributed by atoms with Crippen LogP contribution in [0, 0.1) is 0 Å². The van der Waals surface area contributed by atoms with Crippen molar-refractivity contribution in [2.24, 2.45) is 0 Å². The summed E-state index contributed by atoms with van der Waals surface area (Å²) in [5, 5.41) is 12.0. The molecule has 0 saturated heterocycles. The summed E-state index contributed by atoms with van der Waals surface area (Å²) >= 11 is 0. The highest BCUT2D eigenvalue weighted by Crippen LogP contribution is 2.44. The van der Waals surface area contributed by atoms with Crippen molar-refractivity contribution in [3.8, 4) is 16.9 Å². The van der Waals surface area contributed by atoms with E-state index in [-0.39, 0.29) is 43.3 Å². The van der Waals surface area contributed by atoms with Gasteiger partial charge in [0.1, 0.15) is 12.4 Å². The molecule has 4 aromatic rings. The summed E-state index contributed by atoms with van der Waals surface area (Å²) in [5.41, 5.74) is 5.69. The number of amides is 2. The van der Waals surface area contributed by atoms with Crippen LogP contribution in [-0.4, -0.2) is 48.2 Å². The first-order valence-electron chi connectivity index (χ1n) is 13.3. The Morgan fingerprint density at radius 1 is 0.854 bits per heavy atom. The van der Waals surface area contributed by atoms with Crippen molar-refractivity contribution in [3.05, 3.63) is 119 Å². The molecule has 2 N–H and O–H groups in total. The number of nitrogens with one attached hydrogen (secondary N) is 1. The molecule has 4 aromatic carbocycles. The quantitative estimate of drug-likeness (QED) is 0.245. The van der Waals surface area contributed by atoms with Gasteiger partial charge in [0.15, 0.2) is 0 Å². The highest BCUT2D eigenvalue weighted by Gasteiger charge is 2.29. The largest absolute Gasteiger partial charge is 0.497 e. The fourth-order valence-corrected chi connectivity index (χ4v) is 5.14. The normalized spacial score (nSPS) is 11.7. The predicted molar refractivity (Wildman–Crippen MR) is 155 cm³/mol. The Bertz CT molecular complexity index is 1520. The summed E-state index contributed by atoms with van der Waals surface area (Å²) in [6.07, 6.45) is -0.927. The number of hydrogen-bond donors (Lipinski definition) is 2. The lowest BCUT2D eigenvalue weighted by molar-refractivity contribution is -0.137. The SMILES string of the molecule is COc1ccc(NC(=O)OCC2c3ccccc3-c3ccccc32)c(C(=O)N(CCC(=O)O)Cc2ccccc2)c1. The Hall–Kier alpha value is -5.11. The van der Waals surface area contributed by atoms with E-state index in [2.05, 4.69) is 17.4 Å². The number of fused-ring (bicyclic) bond motifs is 3. The number of carboxylic acid groups (broad SMARTS) is 1. The zero-order valence-electron chi connectivity index (χ0n) is 22.6. The lowest BCUT2D eigenvalue weighted by Crippen LogP contribution is -2.33. The molecule has 208 valence electrons. The third kappa shape index (κ3) is 6.22. The zero-order valence-corrected chi connectivity index (χ0v) is 22.6. The molecule has 5 rings (SSSR count). The molecule has 8 nitrogen and oxygen atoms in total. The molecule has 2 amide bonds. The van der Waals surface area contributed by atoms with E-state index in [1.807, 2.05) is 66.7 Å². The number of carboxylic acids is 1.